The number of piperidine rings is 1. The molecule has 1 saturated heterocycles. The van der Waals surface area contributed by atoms with E-state index in [1.54, 1.807) is 0 Å². The molecule has 2 N–H and O–H groups in total. The van der Waals surface area contributed by atoms with Crippen LogP contribution in [0.5, 0.6) is 5.75 Å². The van der Waals surface area contributed by atoms with Crippen LogP contribution in [0.3, 0.4) is 0 Å². The zero-order valence-electron chi connectivity index (χ0n) is 18.0. The fourth-order valence-electron chi connectivity index (χ4n) is 3.61. The lowest BCUT2D eigenvalue weighted by atomic mass is 10.1. The number of amides is 1. The first-order valence-electron chi connectivity index (χ1n) is 10.5. The summed E-state index contributed by atoms with van der Waals surface area (Å²) < 4.78 is 6.07. The minimum absolute atomic E-state index is 0.102. The topological polar surface area (TPSA) is 92.3 Å². The summed E-state index contributed by atoms with van der Waals surface area (Å²) in [6.45, 7) is 4.96. The molecule has 2 heterocycles. The van der Waals surface area contributed by atoms with E-state index < -0.39 is 0 Å². The molecule has 1 amide bonds. The first-order valence-corrected chi connectivity index (χ1v) is 10.9. The van der Waals surface area contributed by atoms with Gasteiger partial charge in [0.2, 0.25) is 17.8 Å². The molecule has 4 rings (SSSR count). The number of benzene rings is 2. The van der Waals surface area contributed by atoms with Crippen LogP contribution in [-0.2, 0) is 4.79 Å². The second kappa shape index (κ2) is 9.82. The Labute approximate surface area is 192 Å². The predicted molar refractivity (Wildman–Crippen MR) is 126 cm³/mol. The molecule has 3 aromatic rings. The molecule has 1 aromatic heterocycles. The number of hydrogen-bond acceptors (Lipinski definition) is 7. The second-order valence-electron chi connectivity index (χ2n) is 7.63. The Hall–Kier alpha value is -3.39. The van der Waals surface area contributed by atoms with Crippen molar-refractivity contribution < 1.29 is 9.53 Å². The van der Waals surface area contributed by atoms with Gasteiger partial charge in [0, 0.05) is 44.2 Å². The van der Waals surface area contributed by atoms with Crippen molar-refractivity contribution in [1.82, 2.24) is 15.0 Å². The zero-order chi connectivity index (χ0) is 22.5. The van der Waals surface area contributed by atoms with Gasteiger partial charge in [0.05, 0.1) is 5.02 Å². The SMILES string of the molecule is CC(=O)Nc1cccc(Nc2ncnc(N3CCC(Oc4ccccc4Cl)CC3)n2)c1C. The zero-order valence-corrected chi connectivity index (χ0v) is 18.8. The highest BCUT2D eigenvalue weighted by Crippen LogP contribution is 2.28. The Balaban J connectivity index is 1.40. The van der Waals surface area contributed by atoms with Gasteiger partial charge in [-0.05, 0) is 36.8 Å². The Morgan fingerprint density at radius 1 is 1.09 bits per heavy atom. The van der Waals surface area contributed by atoms with Crippen molar-refractivity contribution in [3.63, 3.8) is 0 Å². The van der Waals surface area contributed by atoms with Crippen LogP contribution in [0, 0.1) is 6.92 Å². The molecule has 2 aromatic carbocycles. The summed E-state index contributed by atoms with van der Waals surface area (Å²) in [7, 11) is 0. The third-order valence-electron chi connectivity index (χ3n) is 5.31. The number of hydrogen-bond donors (Lipinski definition) is 2. The summed E-state index contributed by atoms with van der Waals surface area (Å²) in [4.78, 5) is 26.7. The maximum atomic E-state index is 11.4. The minimum atomic E-state index is -0.116. The highest BCUT2D eigenvalue weighted by atomic mass is 35.5. The van der Waals surface area contributed by atoms with Crippen LogP contribution >= 0.6 is 11.6 Å². The van der Waals surface area contributed by atoms with E-state index in [0.717, 1.165) is 48.6 Å². The Morgan fingerprint density at radius 3 is 2.59 bits per heavy atom. The standard InChI is InChI=1S/C23H25ClN6O2/c1-15-19(27-16(2)31)7-5-8-20(15)28-22-25-14-26-23(29-22)30-12-10-17(11-13-30)32-21-9-4-3-6-18(21)24/h3-9,14,17H,10-13H2,1-2H3,(H,27,31)(H,25,26,28,29). The number of para-hydroxylation sites is 1. The van der Waals surface area contributed by atoms with E-state index in [1.165, 1.54) is 13.3 Å². The average molecular weight is 453 g/mol. The lowest BCUT2D eigenvalue weighted by molar-refractivity contribution is -0.114. The molecule has 166 valence electrons. The molecule has 0 bridgehead atoms. The number of aromatic nitrogens is 3. The van der Waals surface area contributed by atoms with Gasteiger partial charge in [-0.25, -0.2) is 9.97 Å². The molecule has 8 nitrogen and oxygen atoms in total. The van der Waals surface area contributed by atoms with Crippen molar-refractivity contribution in [2.24, 2.45) is 0 Å². The van der Waals surface area contributed by atoms with Crippen molar-refractivity contribution in [3.8, 4) is 5.75 Å². The van der Waals surface area contributed by atoms with Gasteiger partial charge in [-0.15, -0.1) is 0 Å². The van der Waals surface area contributed by atoms with E-state index in [2.05, 4.69) is 30.5 Å². The number of nitrogens with zero attached hydrogens (tertiary/aromatic N) is 4. The molecule has 0 spiro atoms. The molecule has 1 aliphatic rings. The molecule has 9 heteroatoms. The number of anilines is 4. The number of carbonyl (C=O) groups excluding carboxylic acids is 1. The molecule has 0 radical (unpaired) electrons. The Bertz CT molecular complexity index is 1100. The van der Waals surface area contributed by atoms with Gasteiger partial charge in [-0.3, -0.25) is 4.79 Å². The van der Waals surface area contributed by atoms with Crippen molar-refractivity contribution in [2.75, 3.05) is 28.6 Å². The third-order valence-corrected chi connectivity index (χ3v) is 5.62. The van der Waals surface area contributed by atoms with Crippen LogP contribution in [0.4, 0.5) is 23.3 Å². The molecular formula is C23H25ClN6O2. The van der Waals surface area contributed by atoms with Crippen LogP contribution in [0.1, 0.15) is 25.3 Å². The number of rotatable bonds is 6. The van der Waals surface area contributed by atoms with Crippen LogP contribution in [-0.4, -0.2) is 40.1 Å². The van der Waals surface area contributed by atoms with Crippen LogP contribution in [0.2, 0.25) is 5.02 Å². The lowest BCUT2D eigenvalue weighted by Gasteiger charge is -2.32. The van der Waals surface area contributed by atoms with E-state index in [4.69, 9.17) is 16.3 Å². The van der Waals surface area contributed by atoms with Crippen LogP contribution in [0.15, 0.2) is 48.8 Å². The summed E-state index contributed by atoms with van der Waals surface area (Å²) in [5.74, 6) is 1.67. The molecule has 1 aliphatic heterocycles. The fraction of sp³-hybridized carbons (Fsp3) is 0.304. The lowest BCUT2D eigenvalue weighted by Crippen LogP contribution is -2.39. The van der Waals surface area contributed by atoms with Crippen molar-refractivity contribution >= 4 is 40.8 Å². The number of ether oxygens (including phenoxy) is 1. The first kappa shape index (κ1) is 21.8. The van der Waals surface area contributed by atoms with Gasteiger partial charge in [0.15, 0.2) is 0 Å². The molecule has 0 unspecified atom stereocenters. The monoisotopic (exact) mass is 452 g/mol. The predicted octanol–water partition coefficient (Wildman–Crippen LogP) is 4.58. The van der Waals surface area contributed by atoms with Gasteiger partial charge in [-0.1, -0.05) is 29.8 Å². The van der Waals surface area contributed by atoms with Crippen molar-refractivity contribution in [1.29, 1.82) is 0 Å². The second-order valence-corrected chi connectivity index (χ2v) is 8.04. The third kappa shape index (κ3) is 5.26. The summed E-state index contributed by atoms with van der Waals surface area (Å²) in [6, 6.07) is 13.2. The van der Waals surface area contributed by atoms with E-state index in [0.29, 0.717) is 16.9 Å². The Morgan fingerprint density at radius 2 is 1.84 bits per heavy atom. The van der Waals surface area contributed by atoms with E-state index in [-0.39, 0.29) is 12.0 Å². The van der Waals surface area contributed by atoms with Gasteiger partial charge in [0.1, 0.15) is 18.2 Å². The van der Waals surface area contributed by atoms with Crippen LogP contribution < -0.4 is 20.3 Å². The molecule has 1 fully saturated rings. The minimum Gasteiger partial charge on any atom is -0.489 e. The fourth-order valence-corrected chi connectivity index (χ4v) is 3.79. The maximum absolute atomic E-state index is 11.4. The summed E-state index contributed by atoms with van der Waals surface area (Å²) in [6.07, 6.45) is 3.30. The first-order chi connectivity index (χ1) is 15.5. The molecule has 32 heavy (non-hydrogen) atoms. The number of halogens is 1. The van der Waals surface area contributed by atoms with Crippen molar-refractivity contribution in [2.45, 2.75) is 32.8 Å². The van der Waals surface area contributed by atoms with Gasteiger partial charge in [-0.2, -0.15) is 4.98 Å². The van der Waals surface area contributed by atoms with E-state index in [9.17, 15) is 4.79 Å². The van der Waals surface area contributed by atoms with Gasteiger partial charge in [0.25, 0.3) is 0 Å². The number of nitrogens with one attached hydrogen (secondary N) is 2. The highest BCUT2D eigenvalue weighted by molar-refractivity contribution is 6.32. The van der Waals surface area contributed by atoms with Gasteiger partial charge >= 0.3 is 0 Å². The summed E-state index contributed by atoms with van der Waals surface area (Å²) >= 11 is 6.21. The van der Waals surface area contributed by atoms with Crippen molar-refractivity contribution in [3.05, 3.63) is 59.4 Å². The molecule has 0 atom stereocenters. The average Bonchev–Trinajstić information content (AvgIpc) is 2.78. The number of carbonyl (C=O) groups is 1. The van der Waals surface area contributed by atoms with E-state index in [1.807, 2.05) is 49.4 Å². The Kier molecular flexibility index (Phi) is 6.70. The molecule has 0 saturated carbocycles. The van der Waals surface area contributed by atoms with Crippen LogP contribution in [0.25, 0.3) is 0 Å². The maximum Gasteiger partial charge on any atom is 0.232 e. The molecular weight excluding hydrogens is 428 g/mol. The largest absolute Gasteiger partial charge is 0.489 e. The summed E-state index contributed by atoms with van der Waals surface area (Å²) in [5, 5.41) is 6.69. The smallest absolute Gasteiger partial charge is 0.232 e. The highest BCUT2D eigenvalue weighted by Gasteiger charge is 2.23. The van der Waals surface area contributed by atoms with E-state index >= 15 is 0 Å². The molecule has 0 aliphatic carbocycles. The van der Waals surface area contributed by atoms with Gasteiger partial charge < -0.3 is 20.3 Å². The summed E-state index contributed by atoms with van der Waals surface area (Å²) in [5.41, 5.74) is 2.47. The normalized spacial score (nSPS) is 14.2. The quantitative estimate of drug-likeness (QED) is 0.565.